The van der Waals surface area contributed by atoms with Crippen LogP contribution in [-0.4, -0.2) is 85.9 Å². The minimum atomic E-state index is -3.34. The molecule has 0 atom stereocenters. The molecule has 2 N–H and O–H groups in total. The standard InChI is InChI=1S/C34H43ClN6O3S/c1-36-17-6-18-37-34(42)27-11-8-26(9-12-27)10-13-28-24-29(14-15-31(28)35)33-30-25-40(45(2,43)44)23-16-32(30)41(38-33)22-7-21-39-19-4-3-5-20-39/h8-9,11-12,14-15,24,36H,3-7,16-23,25H2,1-2H3,(H,37,42). The van der Waals surface area contributed by atoms with E-state index in [1.165, 1.54) is 29.8 Å². The summed E-state index contributed by atoms with van der Waals surface area (Å²) < 4.78 is 28.6. The van der Waals surface area contributed by atoms with Gasteiger partial charge in [-0.3, -0.25) is 9.48 Å². The molecule has 1 amide bonds. The van der Waals surface area contributed by atoms with Gasteiger partial charge in [-0.25, -0.2) is 8.42 Å². The van der Waals surface area contributed by atoms with Gasteiger partial charge in [-0.05, 0) is 95.3 Å². The Morgan fingerprint density at radius 1 is 0.978 bits per heavy atom. The maximum Gasteiger partial charge on any atom is 0.251 e. The predicted molar refractivity (Wildman–Crippen MR) is 180 cm³/mol. The van der Waals surface area contributed by atoms with Crippen LogP contribution in [0.1, 0.15) is 64.8 Å². The Morgan fingerprint density at radius 2 is 1.76 bits per heavy atom. The smallest absolute Gasteiger partial charge is 0.251 e. The van der Waals surface area contributed by atoms with E-state index in [4.69, 9.17) is 16.7 Å². The van der Waals surface area contributed by atoms with Gasteiger partial charge < -0.3 is 15.5 Å². The van der Waals surface area contributed by atoms with Gasteiger partial charge in [0.1, 0.15) is 0 Å². The summed E-state index contributed by atoms with van der Waals surface area (Å²) in [5.41, 5.74) is 5.70. The van der Waals surface area contributed by atoms with Crippen LogP contribution < -0.4 is 10.6 Å². The molecule has 0 bridgehead atoms. The summed E-state index contributed by atoms with van der Waals surface area (Å²) in [7, 11) is -1.45. The number of amides is 1. The van der Waals surface area contributed by atoms with Crippen molar-refractivity contribution in [1.82, 2.24) is 29.6 Å². The maximum atomic E-state index is 12.5. The van der Waals surface area contributed by atoms with Crippen LogP contribution >= 0.6 is 11.6 Å². The van der Waals surface area contributed by atoms with Crippen molar-refractivity contribution in [1.29, 1.82) is 0 Å². The maximum absolute atomic E-state index is 12.5. The Morgan fingerprint density at radius 3 is 2.49 bits per heavy atom. The number of hydrogen-bond donors (Lipinski definition) is 2. The SMILES string of the molecule is CNCCCNC(=O)c1ccc(C#Cc2cc(-c3nn(CCCN4CCCCC4)c4c3CN(S(C)(=O)=O)CC4)ccc2Cl)cc1. The number of carbonyl (C=O) groups excluding carboxylic acids is 1. The molecule has 2 aromatic carbocycles. The lowest BCUT2D eigenvalue weighted by Gasteiger charge is -2.27. The number of piperidine rings is 1. The Hall–Kier alpha value is -3.20. The molecular formula is C34H43ClN6O3S. The van der Waals surface area contributed by atoms with E-state index in [0.717, 1.165) is 73.6 Å². The Kier molecular flexibility index (Phi) is 11.3. The van der Waals surface area contributed by atoms with Gasteiger partial charge in [0.25, 0.3) is 5.91 Å². The number of aromatic nitrogens is 2. The molecule has 2 aliphatic heterocycles. The third-order valence-electron chi connectivity index (χ3n) is 8.48. The second kappa shape index (κ2) is 15.4. The third kappa shape index (κ3) is 8.75. The van der Waals surface area contributed by atoms with Crippen molar-refractivity contribution < 1.29 is 13.2 Å². The van der Waals surface area contributed by atoms with Crippen LogP contribution in [0, 0.1) is 11.8 Å². The first-order valence-electron chi connectivity index (χ1n) is 15.8. The van der Waals surface area contributed by atoms with Crippen molar-refractivity contribution in [2.45, 2.75) is 51.6 Å². The summed E-state index contributed by atoms with van der Waals surface area (Å²) in [5.74, 6) is 6.25. The molecule has 1 aromatic heterocycles. The van der Waals surface area contributed by atoms with Gasteiger partial charge in [0, 0.05) is 66.1 Å². The van der Waals surface area contributed by atoms with E-state index in [2.05, 4.69) is 32.1 Å². The first-order valence-corrected chi connectivity index (χ1v) is 18.1. The zero-order chi connectivity index (χ0) is 31.8. The van der Waals surface area contributed by atoms with Crippen LogP contribution in [0.15, 0.2) is 42.5 Å². The number of sulfonamides is 1. The van der Waals surface area contributed by atoms with Crippen molar-refractivity contribution >= 4 is 27.5 Å². The molecule has 0 radical (unpaired) electrons. The summed E-state index contributed by atoms with van der Waals surface area (Å²) in [6.45, 7) is 6.38. The number of halogens is 1. The van der Waals surface area contributed by atoms with Gasteiger partial charge in [-0.2, -0.15) is 9.40 Å². The Balaban J connectivity index is 1.36. The monoisotopic (exact) mass is 650 g/mol. The first-order chi connectivity index (χ1) is 21.7. The molecule has 1 fully saturated rings. The predicted octanol–water partition coefficient (Wildman–Crippen LogP) is 4.14. The van der Waals surface area contributed by atoms with Crippen LogP contribution in [0.5, 0.6) is 0 Å². The van der Waals surface area contributed by atoms with Gasteiger partial charge in [-0.1, -0.05) is 35.9 Å². The Labute approximate surface area is 272 Å². The number of likely N-dealkylation sites (tertiary alicyclic amines) is 1. The molecule has 9 nitrogen and oxygen atoms in total. The van der Waals surface area contributed by atoms with E-state index < -0.39 is 10.0 Å². The third-order valence-corrected chi connectivity index (χ3v) is 10.1. The first kappa shape index (κ1) is 33.2. The molecule has 0 aliphatic carbocycles. The van der Waals surface area contributed by atoms with Crippen molar-refractivity contribution in [3.63, 3.8) is 0 Å². The van der Waals surface area contributed by atoms with Gasteiger partial charge in [0.2, 0.25) is 10.0 Å². The van der Waals surface area contributed by atoms with Crippen LogP contribution in [0.2, 0.25) is 5.02 Å². The molecule has 2 aliphatic rings. The lowest BCUT2D eigenvalue weighted by Crippen LogP contribution is -2.35. The quantitative estimate of drug-likeness (QED) is 0.239. The lowest BCUT2D eigenvalue weighted by molar-refractivity contribution is 0.0953. The van der Waals surface area contributed by atoms with E-state index >= 15 is 0 Å². The fourth-order valence-electron chi connectivity index (χ4n) is 5.98. The highest BCUT2D eigenvalue weighted by Gasteiger charge is 2.30. The van der Waals surface area contributed by atoms with E-state index in [1.807, 2.05) is 37.4 Å². The summed E-state index contributed by atoms with van der Waals surface area (Å²) in [4.78, 5) is 14.9. The van der Waals surface area contributed by atoms with Gasteiger partial charge in [0.15, 0.2) is 0 Å². The number of hydrogen-bond acceptors (Lipinski definition) is 6. The summed E-state index contributed by atoms with van der Waals surface area (Å²) in [5, 5.41) is 11.6. The minimum Gasteiger partial charge on any atom is -0.352 e. The van der Waals surface area contributed by atoms with Crippen molar-refractivity contribution in [3.8, 4) is 23.1 Å². The van der Waals surface area contributed by atoms with Crippen LogP contribution in [-0.2, 0) is 29.5 Å². The molecule has 240 valence electrons. The molecule has 11 heteroatoms. The molecule has 0 spiro atoms. The number of benzene rings is 2. The fraction of sp³-hybridized carbons (Fsp3) is 0.471. The number of fused-ring (bicyclic) bond motifs is 1. The molecule has 0 saturated carbocycles. The number of nitrogens with one attached hydrogen (secondary N) is 2. The zero-order valence-corrected chi connectivity index (χ0v) is 27.8. The number of aryl methyl sites for hydroxylation is 1. The van der Waals surface area contributed by atoms with Crippen molar-refractivity contribution in [2.75, 3.05) is 52.6 Å². The lowest BCUT2D eigenvalue weighted by atomic mass is 10.0. The molecule has 1 saturated heterocycles. The van der Waals surface area contributed by atoms with Gasteiger partial charge in [0.05, 0.1) is 17.0 Å². The second-order valence-corrected chi connectivity index (χ2v) is 14.2. The average molecular weight is 651 g/mol. The molecule has 45 heavy (non-hydrogen) atoms. The topological polar surface area (TPSA) is 99.6 Å². The number of nitrogens with zero attached hydrogens (tertiary/aromatic N) is 4. The van der Waals surface area contributed by atoms with Gasteiger partial charge >= 0.3 is 0 Å². The van der Waals surface area contributed by atoms with Crippen LogP contribution in [0.25, 0.3) is 11.3 Å². The normalized spacial score (nSPS) is 15.7. The molecule has 3 heterocycles. The van der Waals surface area contributed by atoms with Gasteiger partial charge in [-0.15, -0.1) is 0 Å². The van der Waals surface area contributed by atoms with E-state index in [0.29, 0.717) is 42.2 Å². The minimum absolute atomic E-state index is 0.106. The molecule has 0 unspecified atom stereocenters. The highest BCUT2D eigenvalue weighted by molar-refractivity contribution is 7.88. The molecular weight excluding hydrogens is 608 g/mol. The van der Waals surface area contributed by atoms with Crippen LogP contribution in [0.3, 0.4) is 0 Å². The van der Waals surface area contributed by atoms with E-state index in [9.17, 15) is 13.2 Å². The number of carbonyl (C=O) groups is 1. The fourth-order valence-corrected chi connectivity index (χ4v) is 6.93. The average Bonchev–Trinajstić information content (AvgIpc) is 3.41. The highest BCUT2D eigenvalue weighted by Crippen LogP contribution is 2.33. The second-order valence-electron chi connectivity index (χ2n) is 11.8. The summed E-state index contributed by atoms with van der Waals surface area (Å²) in [6, 6.07) is 12.9. The summed E-state index contributed by atoms with van der Waals surface area (Å²) in [6.07, 6.45) is 7.61. The Bertz CT molecular complexity index is 1650. The molecule has 5 rings (SSSR count). The van der Waals surface area contributed by atoms with Crippen molar-refractivity contribution in [3.05, 3.63) is 75.4 Å². The van der Waals surface area contributed by atoms with Crippen molar-refractivity contribution in [2.24, 2.45) is 0 Å². The number of rotatable bonds is 11. The van der Waals surface area contributed by atoms with Crippen LogP contribution in [0.4, 0.5) is 0 Å². The largest absolute Gasteiger partial charge is 0.352 e. The highest BCUT2D eigenvalue weighted by atomic mass is 35.5. The van der Waals surface area contributed by atoms with E-state index in [1.54, 1.807) is 12.1 Å². The summed E-state index contributed by atoms with van der Waals surface area (Å²) >= 11 is 6.58. The molecule has 3 aromatic rings. The van der Waals surface area contributed by atoms with E-state index in [-0.39, 0.29) is 5.91 Å². The zero-order valence-electron chi connectivity index (χ0n) is 26.2.